The first-order chi connectivity index (χ1) is 7.36. The second kappa shape index (κ2) is 5.03. The van der Waals surface area contributed by atoms with Gasteiger partial charge in [0.15, 0.2) is 0 Å². The molecule has 16 heavy (non-hydrogen) atoms. The molecule has 1 rings (SSSR count). The zero-order chi connectivity index (χ0) is 12.3. The molecule has 0 aliphatic carbocycles. The standard InChI is InChI=1S/C10H17F3N2O/c1-3-15(9(16)10(11,12)13)8-4-6-14(2)7-5-8/h8H,3-7H2,1-2H3. The molecule has 6 heteroatoms. The zero-order valence-corrected chi connectivity index (χ0v) is 9.55. The molecule has 0 bridgehead atoms. The van der Waals surface area contributed by atoms with Gasteiger partial charge in [0.2, 0.25) is 0 Å². The zero-order valence-electron chi connectivity index (χ0n) is 9.55. The van der Waals surface area contributed by atoms with E-state index in [4.69, 9.17) is 0 Å². The Balaban J connectivity index is 2.64. The van der Waals surface area contributed by atoms with Crippen LogP contribution in [0.3, 0.4) is 0 Å². The molecule has 0 N–H and O–H groups in total. The predicted octanol–water partition coefficient (Wildman–Crippen LogP) is 1.49. The first-order valence-electron chi connectivity index (χ1n) is 5.42. The molecule has 94 valence electrons. The van der Waals surface area contributed by atoms with Crippen LogP contribution in [0.5, 0.6) is 0 Å². The van der Waals surface area contributed by atoms with Gasteiger partial charge in [0.05, 0.1) is 0 Å². The van der Waals surface area contributed by atoms with Gasteiger partial charge in [-0.25, -0.2) is 0 Å². The van der Waals surface area contributed by atoms with Gasteiger partial charge in [0.1, 0.15) is 0 Å². The number of halogens is 3. The summed E-state index contributed by atoms with van der Waals surface area (Å²) in [6.45, 7) is 3.19. The first-order valence-corrected chi connectivity index (χ1v) is 5.42. The van der Waals surface area contributed by atoms with Crippen LogP contribution in [0.1, 0.15) is 19.8 Å². The number of hydrogen-bond acceptors (Lipinski definition) is 2. The van der Waals surface area contributed by atoms with Crippen molar-refractivity contribution in [1.82, 2.24) is 9.80 Å². The van der Waals surface area contributed by atoms with Crippen LogP contribution in [0.2, 0.25) is 0 Å². The molecule has 1 heterocycles. The van der Waals surface area contributed by atoms with Crippen molar-refractivity contribution in [1.29, 1.82) is 0 Å². The van der Waals surface area contributed by atoms with Gasteiger partial charge in [-0.1, -0.05) is 0 Å². The van der Waals surface area contributed by atoms with Crippen molar-refractivity contribution in [2.45, 2.75) is 32.0 Å². The Morgan fingerprint density at radius 2 is 1.88 bits per heavy atom. The molecule has 0 spiro atoms. The van der Waals surface area contributed by atoms with E-state index in [0.717, 1.165) is 18.0 Å². The highest BCUT2D eigenvalue weighted by atomic mass is 19.4. The lowest BCUT2D eigenvalue weighted by molar-refractivity contribution is -0.188. The van der Waals surface area contributed by atoms with Gasteiger partial charge in [-0.2, -0.15) is 13.2 Å². The Kier molecular flexibility index (Phi) is 4.18. The summed E-state index contributed by atoms with van der Waals surface area (Å²) >= 11 is 0. The summed E-state index contributed by atoms with van der Waals surface area (Å²) in [5, 5.41) is 0. The Morgan fingerprint density at radius 3 is 2.25 bits per heavy atom. The average Bonchev–Trinajstić information content (AvgIpc) is 2.20. The number of rotatable bonds is 2. The summed E-state index contributed by atoms with van der Waals surface area (Å²) in [6, 6.07) is -0.268. The van der Waals surface area contributed by atoms with Crippen LogP contribution in [0.4, 0.5) is 13.2 Å². The molecule has 1 fully saturated rings. The molecule has 0 aromatic heterocycles. The first kappa shape index (κ1) is 13.3. The van der Waals surface area contributed by atoms with E-state index in [0.29, 0.717) is 12.8 Å². The summed E-state index contributed by atoms with van der Waals surface area (Å²) < 4.78 is 36.9. The molecule has 1 saturated heterocycles. The normalized spacial score (nSPS) is 19.8. The van der Waals surface area contributed by atoms with Gasteiger partial charge < -0.3 is 9.80 Å². The largest absolute Gasteiger partial charge is 0.471 e. The van der Waals surface area contributed by atoms with Crippen LogP contribution in [-0.2, 0) is 4.79 Å². The second-order valence-corrected chi connectivity index (χ2v) is 4.12. The van der Waals surface area contributed by atoms with Crippen LogP contribution in [0.25, 0.3) is 0 Å². The quantitative estimate of drug-likeness (QED) is 0.727. The highest BCUT2D eigenvalue weighted by molar-refractivity contribution is 5.82. The van der Waals surface area contributed by atoms with E-state index in [1.54, 1.807) is 6.92 Å². The molecule has 1 aliphatic heterocycles. The fourth-order valence-electron chi connectivity index (χ4n) is 2.04. The Hall–Kier alpha value is -0.780. The van der Waals surface area contributed by atoms with E-state index in [1.807, 2.05) is 7.05 Å². The molecular weight excluding hydrogens is 221 g/mol. The maximum absolute atomic E-state index is 12.3. The third kappa shape index (κ3) is 3.10. The highest BCUT2D eigenvalue weighted by Gasteiger charge is 2.44. The predicted molar refractivity (Wildman–Crippen MR) is 54.0 cm³/mol. The molecule has 1 aliphatic rings. The lowest BCUT2D eigenvalue weighted by Crippen LogP contribution is -2.50. The van der Waals surface area contributed by atoms with Crippen molar-refractivity contribution < 1.29 is 18.0 Å². The van der Waals surface area contributed by atoms with Crippen molar-refractivity contribution in [2.75, 3.05) is 26.7 Å². The van der Waals surface area contributed by atoms with Crippen molar-refractivity contribution in [2.24, 2.45) is 0 Å². The van der Waals surface area contributed by atoms with Gasteiger partial charge in [-0.05, 0) is 39.9 Å². The number of carbonyl (C=O) groups is 1. The Morgan fingerprint density at radius 1 is 1.38 bits per heavy atom. The molecular formula is C10H17F3N2O. The van der Waals surface area contributed by atoms with Gasteiger partial charge in [-0.3, -0.25) is 4.79 Å². The lowest BCUT2D eigenvalue weighted by atomic mass is 10.0. The van der Waals surface area contributed by atoms with Crippen molar-refractivity contribution >= 4 is 5.91 Å². The van der Waals surface area contributed by atoms with E-state index >= 15 is 0 Å². The average molecular weight is 238 g/mol. The Labute approximate surface area is 93.2 Å². The lowest BCUT2D eigenvalue weighted by Gasteiger charge is -2.36. The van der Waals surface area contributed by atoms with Crippen molar-refractivity contribution in [3.8, 4) is 0 Å². The molecule has 0 unspecified atom stereocenters. The highest BCUT2D eigenvalue weighted by Crippen LogP contribution is 2.23. The fourth-order valence-corrected chi connectivity index (χ4v) is 2.04. The summed E-state index contributed by atoms with van der Waals surface area (Å²) in [5.41, 5.74) is 0. The molecule has 0 atom stereocenters. The van der Waals surface area contributed by atoms with Crippen molar-refractivity contribution in [3.05, 3.63) is 0 Å². The van der Waals surface area contributed by atoms with Crippen LogP contribution in [0, 0.1) is 0 Å². The number of piperidine rings is 1. The third-order valence-electron chi connectivity index (χ3n) is 2.97. The second-order valence-electron chi connectivity index (χ2n) is 4.12. The maximum atomic E-state index is 12.3. The summed E-state index contributed by atoms with van der Waals surface area (Å²) in [6.07, 6.45) is -3.52. The van der Waals surface area contributed by atoms with Gasteiger partial charge in [0, 0.05) is 12.6 Å². The molecule has 0 aromatic rings. The monoisotopic (exact) mass is 238 g/mol. The van der Waals surface area contributed by atoms with Gasteiger partial charge in [-0.15, -0.1) is 0 Å². The Bertz CT molecular complexity index is 247. The molecule has 1 amide bonds. The molecule has 3 nitrogen and oxygen atoms in total. The van der Waals surface area contributed by atoms with Crippen molar-refractivity contribution in [3.63, 3.8) is 0 Å². The summed E-state index contributed by atoms with van der Waals surface area (Å²) in [7, 11) is 1.93. The molecule has 0 radical (unpaired) electrons. The number of amides is 1. The molecule has 0 saturated carbocycles. The number of alkyl halides is 3. The minimum atomic E-state index is -4.75. The maximum Gasteiger partial charge on any atom is 0.471 e. The van der Waals surface area contributed by atoms with E-state index in [2.05, 4.69) is 4.90 Å². The van der Waals surface area contributed by atoms with E-state index in [9.17, 15) is 18.0 Å². The van der Waals surface area contributed by atoms with E-state index in [1.165, 1.54) is 0 Å². The fraction of sp³-hybridized carbons (Fsp3) is 0.900. The third-order valence-corrected chi connectivity index (χ3v) is 2.97. The van der Waals surface area contributed by atoms with Gasteiger partial charge >= 0.3 is 12.1 Å². The van der Waals surface area contributed by atoms with Gasteiger partial charge in [0.25, 0.3) is 0 Å². The van der Waals surface area contributed by atoms with Crippen LogP contribution < -0.4 is 0 Å². The summed E-state index contributed by atoms with van der Waals surface area (Å²) in [5.74, 6) is -1.70. The molecule has 0 aromatic carbocycles. The number of nitrogens with zero attached hydrogens (tertiary/aromatic N) is 2. The number of likely N-dealkylation sites (tertiary alicyclic amines) is 1. The topological polar surface area (TPSA) is 23.6 Å². The number of carbonyl (C=O) groups excluding carboxylic acids is 1. The van der Waals surface area contributed by atoms with E-state index in [-0.39, 0.29) is 12.6 Å². The van der Waals surface area contributed by atoms with Crippen LogP contribution in [-0.4, -0.2) is 54.6 Å². The SMILES string of the molecule is CCN(C(=O)C(F)(F)F)C1CCN(C)CC1. The van der Waals surface area contributed by atoms with Crippen LogP contribution in [0.15, 0.2) is 0 Å². The minimum absolute atomic E-state index is 0.118. The number of hydrogen-bond donors (Lipinski definition) is 0. The van der Waals surface area contributed by atoms with Crippen LogP contribution >= 0.6 is 0 Å². The smallest absolute Gasteiger partial charge is 0.332 e. The minimum Gasteiger partial charge on any atom is -0.332 e. The summed E-state index contributed by atoms with van der Waals surface area (Å²) in [4.78, 5) is 14.2. The van der Waals surface area contributed by atoms with E-state index < -0.39 is 12.1 Å².